The van der Waals surface area contributed by atoms with Crippen LogP contribution in [-0.2, 0) is 5.75 Å². The van der Waals surface area contributed by atoms with E-state index in [-0.39, 0.29) is 0 Å². The van der Waals surface area contributed by atoms with Crippen LogP contribution in [0, 0.1) is 6.92 Å². The number of benzene rings is 2. The van der Waals surface area contributed by atoms with E-state index < -0.39 is 0 Å². The molecule has 1 aliphatic rings. The van der Waals surface area contributed by atoms with E-state index in [1.165, 1.54) is 0 Å². The summed E-state index contributed by atoms with van der Waals surface area (Å²) >= 11 is 8.14. The lowest BCUT2D eigenvalue weighted by Gasteiger charge is -2.19. The van der Waals surface area contributed by atoms with Gasteiger partial charge in [0.25, 0.3) is 0 Å². The molecule has 0 N–H and O–H groups in total. The van der Waals surface area contributed by atoms with E-state index in [2.05, 4.69) is 19.7 Å². The molecule has 0 saturated carbocycles. The summed E-state index contributed by atoms with van der Waals surface area (Å²) in [4.78, 5) is 6.99. The summed E-state index contributed by atoms with van der Waals surface area (Å²) in [5.74, 6) is 2.92. The highest BCUT2D eigenvalue weighted by atomic mass is 35.5. The highest BCUT2D eigenvalue weighted by molar-refractivity contribution is 7.98. The van der Waals surface area contributed by atoms with E-state index in [0.717, 1.165) is 59.7 Å². The largest absolute Gasteiger partial charge is 0.441 e. The van der Waals surface area contributed by atoms with Crippen molar-refractivity contribution in [2.75, 3.05) is 18.0 Å². The summed E-state index contributed by atoms with van der Waals surface area (Å²) in [5, 5.41) is 10.5. The van der Waals surface area contributed by atoms with Gasteiger partial charge >= 0.3 is 0 Å². The van der Waals surface area contributed by atoms with E-state index in [9.17, 15) is 0 Å². The Bertz CT molecular complexity index is 1180. The quantitative estimate of drug-likeness (QED) is 0.346. The topological polar surface area (TPSA) is 60.0 Å². The van der Waals surface area contributed by atoms with Gasteiger partial charge < -0.3 is 9.32 Å². The smallest absolute Gasteiger partial charge is 0.232 e. The molecule has 0 unspecified atom stereocenters. The summed E-state index contributed by atoms with van der Waals surface area (Å²) in [6, 6.07) is 17.8. The predicted octanol–water partition coefficient (Wildman–Crippen LogP) is 5.78. The Balaban J connectivity index is 1.45. The number of halogens is 1. The molecule has 6 nitrogen and oxygen atoms in total. The van der Waals surface area contributed by atoms with E-state index in [1.54, 1.807) is 11.8 Å². The Hall–Kier alpha value is -2.77. The highest BCUT2D eigenvalue weighted by Gasteiger charge is 2.24. The lowest BCUT2D eigenvalue weighted by Crippen LogP contribution is -2.22. The molecule has 2 aromatic heterocycles. The third-order valence-corrected chi connectivity index (χ3v) is 6.61. The van der Waals surface area contributed by atoms with Gasteiger partial charge in [-0.25, -0.2) is 4.98 Å². The van der Waals surface area contributed by atoms with Crippen molar-refractivity contribution in [1.29, 1.82) is 0 Å². The molecule has 0 bridgehead atoms. The minimum Gasteiger partial charge on any atom is -0.441 e. The number of aromatic nitrogens is 4. The molecule has 1 saturated heterocycles. The molecule has 3 heterocycles. The van der Waals surface area contributed by atoms with Gasteiger partial charge in [-0.15, -0.1) is 10.2 Å². The molecule has 1 aliphatic heterocycles. The minimum atomic E-state index is 0.630. The van der Waals surface area contributed by atoms with E-state index in [1.807, 2.05) is 61.5 Å². The van der Waals surface area contributed by atoms with E-state index >= 15 is 0 Å². The first kappa shape index (κ1) is 20.2. The van der Waals surface area contributed by atoms with Crippen LogP contribution in [0.1, 0.15) is 24.3 Å². The summed E-state index contributed by atoms with van der Waals surface area (Å²) in [6.07, 6.45) is 2.33. The van der Waals surface area contributed by atoms with Crippen LogP contribution in [0.5, 0.6) is 0 Å². The number of oxazole rings is 1. The average molecular weight is 452 g/mol. The maximum absolute atomic E-state index is 6.55. The van der Waals surface area contributed by atoms with Crippen molar-refractivity contribution in [3.63, 3.8) is 0 Å². The number of para-hydroxylation sites is 1. The second-order valence-corrected chi connectivity index (χ2v) is 8.79. The Kier molecular flexibility index (Phi) is 5.70. The van der Waals surface area contributed by atoms with Crippen LogP contribution in [0.4, 0.5) is 5.95 Å². The van der Waals surface area contributed by atoms with Gasteiger partial charge in [0.05, 0.1) is 16.4 Å². The first-order chi connectivity index (χ1) is 15.2. The second-order valence-electron chi connectivity index (χ2n) is 7.44. The van der Waals surface area contributed by atoms with Crippen LogP contribution in [0.15, 0.2) is 64.2 Å². The Morgan fingerprint density at radius 1 is 1.00 bits per heavy atom. The van der Waals surface area contributed by atoms with Gasteiger partial charge in [0.1, 0.15) is 5.76 Å². The third-order valence-electron chi connectivity index (χ3n) is 5.35. The Labute approximate surface area is 190 Å². The average Bonchev–Trinajstić information content (AvgIpc) is 3.53. The molecule has 158 valence electrons. The summed E-state index contributed by atoms with van der Waals surface area (Å²) in [5.41, 5.74) is 2.76. The zero-order valence-electron chi connectivity index (χ0n) is 17.2. The Morgan fingerprint density at radius 2 is 1.74 bits per heavy atom. The molecule has 2 aromatic carbocycles. The molecule has 1 fully saturated rings. The van der Waals surface area contributed by atoms with Crippen molar-refractivity contribution < 1.29 is 4.42 Å². The van der Waals surface area contributed by atoms with Crippen molar-refractivity contribution in [3.8, 4) is 17.1 Å². The van der Waals surface area contributed by atoms with Gasteiger partial charge in [0.15, 0.2) is 5.16 Å². The van der Waals surface area contributed by atoms with Crippen molar-refractivity contribution in [2.24, 2.45) is 0 Å². The highest BCUT2D eigenvalue weighted by Crippen LogP contribution is 2.34. The summed E-state index contributed by atoms with van der Waals surface area (Å²) in [7, 11) is 0. The fourth-order valence-electron chi connectivity index (χ4n) is 3.72. The number of rotatable bonds is 6. The molecular formula is C23H22ClN5OS. The molecule has 31 heavy (non-hydrogen) atoms. The lowest BCUT2D eigenvalue weighted by molar-refractivity contribution is 0.540. The molecule has 0 spiro atoms. The molecule has 5 rings (SSSR count). The lowest BCUT2D eigenvalue weighted by atomic mass is 10.2. The van der Waals surface area contributed by atoms with Gasteiger partial charge in [-0.3, -0.25) is 4.57 Å². The SMILES string of the molecule is Cc1oc(-c2ccccc2)nc1CSc1nnc(N2CCCC2)n1-c1ccccc1Cl. The molecule has 0 amide bonds. The maximum Gasteiger partial charge on any atom is 0.232 e. The summed E-state index contributed by atoms with van der Waals surface area (Å²) in [6.45, 7) is 3.91. The molecular weight excluding hydrogens is 430 g/mol. The van der Waals surface area contributed by atoms with E-state index in [4.69, 9.17) is 21.0 Å². The molecule has 8 heteroatoms. The number of nitrogens with zero attached hydrogens (tertiary/aromatic N) is 5. The number of anilines is 1. The number of thioether (sulfide) groups is 1. The monoisotopic (exact) mass is 451 g/mol. The van der Waals surface area contributed by atoms with Crippen molar-refractivity contribution in [1.82, 2.24) is 19.7 Å². The van der Waals surface area contributed by atoms with Crippen LogP contribution in [0.25, 0.3) is 17.1 Å². The van der Waals surface area contributed by atoms with E-state index in [0.29, 0.717) is 16.7 Å². The maximum atomic E-state index is 6.55. The number of aryl methyl sites for hydroxylation is 1. The van der Waals surface area contributed by atoms with Crippen molar-refractivity contribution >= 4 is 29.3 Å². The first-order valence-electron chi connectivity index (χ1n) is 10.3. The van der Waals surface area contributed by atoms with Gasteiger partial charge in [0, 0.05) is 24.4 Å². The molecule has 4 aromatic rings. The van der Waals surface area contributed by atoms with Crippen LogP contribution < -0.4 is 4.90 Å². The fraction of sp³-hybridized carbons (Fsp3) is 0.261. The molecule has 0 aliphatic carbocycles. The third kappa shape index (κ3) is 4.07. The number of hydrogen-bond donors (Lipinski definition) is 0. The van der Waals surface area contributed by atoms with Crippen LogP contribution >= 0.6 is 23.4 Å². The van der Waals surface area contributed by atoms with Crippen LogP contribution in [-0.4, -0.2) is 32.8 Å². The zero-order valence-corrected chi connectivity index (χ0v) is 18.7. The predicted molar refractivity (Wildman–Crippen MR) is 124 cm³/mol. The van der Waals surface area contributed by atoms with Crippen LogP contribution in [0.3, 0.4) is 0 Å². The molecule has 0 atom stereocenters. The zero-order chi connectivity index (χ0) is 21.2. The first-order valence-corrected chi connectivity index (χ1v) is 11.7. The normalized spacial score (nSPS) is 13.8. The van der Waals surface area contributed by atoms with Crippen molar-refractivity contribution in [3.05, 3.63) is 71.1 Å². The van der Waals surface area contributed by atoms with Gasteiger partial charge in [0.2, 0.25) is 11.8 Å². The second kappa shape index (κ2) is 8.77. The summed E-state index contributed by atoms with van der Waals surface area (Å²) < 4.78 is 7.97. The van der Waals surface area contributed by atoms with Crippen molar-refractivity contribution in [2.45, 2.75) is 30.7 Å². The minimum absolute atomic E-state index is 0.630. The number of hydrogen-bond acceptors (Lipinski definition) is 6. The Morgan fingerprint density at radius 3 is 2.52 bits per heavy atom. The standard InChI is InChI=1S/C23H22ClN5OS/c1-16-19(25-21(30-16)17-9-3-2-4-10-17)15-31-23-27-26-22(28-13-7-8-14-28)29(23)20-12-6-5-11-18(20)24/h2-6,9-12H,7-8,13-15H2,1H3. The fourth-order valence-corrected chi connectivity index (χ4v) is 4.88. The van der Waals surface area contributed by atoms with Gasteiger partial charge in [-0.05, 0) is 44.0 Å². The van der Waals surface area contributed by atoms with Gasteiger partial charge in [-0.2, -0.15) is 0 Å². The van der Waals surface area contributed by atoms with Crippen LogP contribution in [0.2, 0.25) is 5.02 Å². The molecule has 0 radical (unpaired) electrons. The van der Waals surface area contributed by atoms with Gasteiger partial charge in [-0.1, -0.05) is 53.7 Å².